The quantitative estimate of drug-likeness (QED) is 0.217. The van der Waals surface area contributed by atoms with Gasteiger partial charge in [-0.25, -0.2) is 9.55 Å². The first-order valence-corrected chi connectivity index (χ1v) is 9.74. The fraction of sp³-hybridized carbons (Fsp3) is 0.538. The second-order valence-corrected chi connectivity index (χ2v) is 7.38. The Morgan fingerprint density at radius 2 is 2.10 bits per heavy atom. The van der Waals surface area contributed by atoms with Crippen LogP contribution >= 0.6 is 7.82 Å². The van der Waals surface area contributed by atoms with Crippen LogP contribution in [0.3, 0.4) is 0 Å². The van der Waals surface area contributed by atoms with E-state index in [1.54, 1.807) is 0 Å². The zero-order chi connectivity index (χ0) is 21.3. The van der Waals surface area contributed by atoms with Gasteiger partial charge in [-0.15, -0.1) is 0 Å². The number of aliphatic hydroxyl groups excluding tert-OH is 2. The lowest BCUT2D eigenvalue weighted by molar-refractivity contribution is -0.136. The summed E-state index contributed by atoms with van der Waals surface area (Å²) in [7, 11) is -4.81. The number of nitrogens with one attached hydrogen (secondary N) is 2. The fourth-order valence-corrected chi connectivity index (χ4v) is 3.09. The van der Waals surface area contributed by atoms with Crippen molar-refractivity contribution in [1.29, 1.82) is 0 Å². The van der Waals surface area contributed by atoms with Gasteiger partial charge in [0.2, 0.25) is 5.95 Å². The molecule has 0 aliphatic carbocycles. The van der Waals surface area contributed by atoms with E-state index in [0.717, 1.165) is 10.9 Å². The largest absolute Gasteiger partial charge is 0.481 e. The second kappa shape index (κ2) is 8.16. The Kier molecular flexibility index (Phi) is 6.00. The number of ether oxygens (including phenoxy) is 1. The van der Waals surface area contributed by atoms with Crippen molar-refractivity contribution in [3.05, 3.63) is 16.7 Å². The number of aromatic nitrogens is 4. The molecule has 0 spiro atoms. The van der Waals surface area contributed by atoms with Gasteiger partial charge in [0.05, 0.1) is 19.4 Å². The van der Waals surface area contributed by atoms with Crippen molar-refractivity contribution in [2.24, 2.45) is 0 Å². The molecule has 1 aliphatic rings. The van der Waals surface area contributed by atoms with E-state index in [4.69, 9.17) is 19.6 Å². The number of hydrogen-bond acceptors (Lipinski definition) is 10. The van der Waals surface area contributed by atoms with E-state index >= 15 is 0 Å². The lowest BCUT2D eigenvalue weighted by atomic mass is 10.1. The molecule has 1 fully saturated rings. The number of fused-ring (bicyclic) bond motifs is 1. The van der Waals surface area contributed by atoms with Crippen LogP contribution in [0.1, 0.15) is 12.6 Å². The number of carboxylic acid groups (broad SMARTS) is 1. The van der Waals surface area contributed by atoms with Crippen LogP contribution in [0, 0.1) is 0 Å². The van der Waals surface area contributed by atoms with Crippen LogP contribution in [-0.2, 0) is 18.6 Å². The molecule has 0 unspecified atom stereocenters. The fourth-order valence-electron chi connectivity index (χ4n) is 2.75. The summed E-state index contributed by atoms with van der Waals surface area (Å²) in [6, 6.07) is 0. The molecule has 0 amide bonds. The van der Waals surface area contributed by atoms with Gasteiger partial charge >= 0.3 is 13.8 Å². The highest BCUT2D eigenvalue weighted by molar-refractivity contribution is 7.46. The Morgan fingerprint density at radius 1 is 1.38 bits per heavy atom. The maximum Gasteiger partial charge on any atom is 0.469 e. The third-order valence-electron chi connectivity index (χ3n) is 4.08. The molecule has 0 saturated carbocycles. The summed E-state index contributed by atoms with van der Waals surface area (Å²) in [5.41, 5.74) is -0.769. The van der Waals surface area contributed by atoms with E-state index in [9.17, 15) is 24.4 Å². The van der Waals surface area contributed by atoms with Gasteiger partial charge in [-0.3, -0.25) is 23.7 Å². The molecule has 1 saturated heterocycles. The molecule has 15 nitrogen and oxygen atoms in total. The third kappa shape index (κ3) is 4.79. The zero-order valence-corrected chi connectivity index (χ0v) is 15.5. The average Bonchev–Trinajstić information content (AvgIpc) is 3.15. The normalized spacial score (nSPS) is 24.8. The summed E-state index contributed by atoms with van der Waals surface area (Å²) >= 11 is 0. The number of phosphoric acid groups is 1. The van der Waals surface area contributed by atoms with Gasteiger partial charge < -0.3 is 35.2 Å². The van der Waals surface area contributed by atoms with E-state index in [1.807, 2.05) is 0 Å². The second-order valence-electron chi connectivity index (χ2n) is 6.14. The first kappa shape index (κ1) is 21.3. The van der Waals surface area contributed by atoms with Crippen molar-refractivity contribution in [3.8, 4) is 0 Å². The van der Waals surface area contributed by atoms with Crippen molar-refractivity contribution in [3.63, 3.8) is 0 Å². The number of rotatable bonds is 8. The summed E-state index contributed by atoms with van der Waals surface area (Å²) in [5, 5.41) is 31.6. The highest BCUT2D eigenvalue weighted by Gasteiger charge is 2.45. The lowest BCUT2D eigenvalue weighted by Gasteiger charge is -2.16. The highest BCUT2D eigenvalue weighted by atomic mass is 31.2. The number of aromatic amines is 1. The average molecular weight is 435 g/mol. The summed E-state index contributed by atoms with van der Waals surface area (Å²) in [4.78, 5) is 50.7. The number of imidazole rings is 1. The maximum absolute atomic E-state index is 12.2. The molecule has 4 atom stereocenters. The van der Waals surface area contributed by atoms with Crippen LogP contribution in [0.4, 0.5) is 5.95 Å². The first-order chi connectivity index (χ1) is 13.6. The molecule has 29 heavy (non-hydrogen) atoms. The highest BCUT2D eigenvalue weighted by Crippen LogP contribution is 2.38. The summed E-state index contributed by atoms with van der Waals surface area (Å²) in [5.74, 6) is -1.09. The van der Waals surface area contributed by atoms with Crippen molar-refractivity contribution in [2.75, 3.05) is 18.5 Å². The Bertz CT molecular complexity index is 1000. The number of H-pyrrole nitrogens is 1. The number of hydrogen-bond donors (Lipinski definition) is 7. The summed E-state index contributed by atoms with van der Waals surface area (Å²) in [6.45, 7) is -0.706. The molecule has 0 aromatic carbocycles. The SMILES string of the molecule is O=C(O)CCNc1nc2c(ncn2[C@@H]2O[C@H](COP(=O)(O)O)[C@@H](O)[C@H]2O)c(=O)[nH]1. The van der Waals surface area contributed by atoms with Gasteiger partial charge in [-0.05, 0) is 0 Å². The number of nitrogens with zero attached hydrogens (tertiary/aromatic N) is 3. The van der Waals surface area contributed by atoms with Gasteiger partial charge in [0.15, 0.2) is 17.4 Å². The standard InChI is InChI=1S/C13H18N5O10P/c19-6(20)1-2-14-13-16-10-7(11(23)17-13)15-4-18(10)12-9(22)8(21)5(28-12)3-27-29(24,25)26/h4-5,8-9,12,21-22H,1-3H2,(H,19,20)(H2,24,25,26)(H2,14,16,17,23)/t5-,8-,9-,12-/m1/s1. The predicted molar refractivity (Wildman–Crippen MR) is 92.8 cm³/mol. The Hall–Kier alpha value is -2.39. The van der Waals surface area contributed by atoms with E-state index in [1.165, 1.54) is 0 Å². The van der Waals surface area contributed by atoms with E-state index in [0.29, 0.717) is 0 Å². The molecule has 160 valence electrons. The van der Waals surface area contributed by atoms with Crippen molar-refractivity contribution < 1.29 is 43.7 Å². The van der Waals surface area contributed by atoms with E-state index in [-0.39, 0.29) is 30.1 Å². The van der Waals surface area contributed by atoms with Gasteiger partial charge in [0.1, 0.15) is 18.3 Å². The van der Waals surface area contributed by atoms with Crippen LogP contribution in [0.2, 0.25) is 0 Å². The predicted octanol–water partition coefficient (Wildman–Crippen LogP) is -2.27. The molecule has 2 aromatic heterocycles. The molecule has 1 aliphatic heterocycles. The van der Waals surface area contributed by atoms with Gasteiger partial charge in [0.25, 0.3) is 5.56 Å². The Labute approximate surface area is 161 Å². The van der Waals surface area contributed by atoms with Crippen LogP contribution in [0.15, 0.2) is 11.1 Å². The zero-order valence-electron chi connectivity index (χ0n) is 14.6. The number of aliphatic hydroxyl groups is 2. The molecule has 0 bridgehead atoms. The van der Waals surface area contributed by atoms with Gasteiger partial charge in [-0.1, -0.05) is 0 Å². The van der Waals surface area contributed by atoms with Crippen LogP contribution < -0.4 is 10.9 Å². The molecule has 2 aromatic rings. The summed E-state index contributed by atoms with van der Waals surface area (Å²) < 4.78 is 21.7. The van der Waals surface area contributed by atoms with Crippen molar-refractivity contribution >= 4 is 30.9 Å². The topological polar surface area (TPSA) is 229 Å². The first-order valence-electron chi connectivity index (χ1n) is 8.21. The lowest BCUT2D eigenvalue weighted by Crippen LogP contribution is -2.33. The van der Waals surface area contributed by atoms with E-state index in [2.05, 4.69) is 24.8 Å². The molecule has 7 N–H and O–H groups in total. The Morgan fingerprint density at radius 3 is 2.76 bits per heavy atom. The van der Waals surface area contributed by atoms with Crippen LogP contribution in [-0.4, -0.2) is 82.1 Å². The number of aliphatic carboxylic acids is 1. The number of phosphoric ester groups is 1. The smallest absolute Gasteiger partial charge is 0.469 e. The Balaban J connectivity index is 1.85. The molecule has 16 heteroatoms. The number of carboxylic acids is 1. The molecular formula is C13H18N5O10P. The minimum Gasteiger partial charge on any atom is -0.481 e. The third-order valence-corrected chi connectivity index (χ3v) is 4.57. The van der Waals surface area contributed by atoms with Crippen LogP contribution in [0.25, 0.3) is 11.2 Å². The summed E-state index contributed by atoms with van der Waals surface area (Å²) in [6.07, 6.45) is -4.71. The van der Waals surface area contributed by atoms with Crippen molar-refractivity contribution in [1.82, 2.24) is 19.5 Å². The van der Waals surface area contributed by atoms with E-state index < -0.39 is 50.5 Å². The minimum absolute atomic E-state index is 0.0129. The number of anilines is 1. The minimum atomic E-state index is -4.81. The molecule has 3 heterocycles. The number of carbonyl (C=O) groups is 1. The van der Waals surface area contributed by atoms with Crippen LogP contribution in [0.5, 0.6) is 0 Å². The van der Waals surface area contributed by atoms with Crippen molar-refractivity contribution in [2.45, 2.75) is 31.0 Å². The molecule has 0 radical (unpaired) electrons. The monoisotopic (exact) mass is 435 g/mol. The van der Waals surface area contributed by atoms with Gasteiger partial charge in [-0.2, -0.15) is 4.98 Å². The maximum atomic E-state index is 12.2. The molecular weight excluding hydrogens is 417 g/mol. The molecule has 3 rings (SSSR count). The van der Waals surface area contributed by atoms with Gasteiger partial charge in [0, 0.05) is 6.54 Å².